The highest BCUT2D eigenvalue weighted by atomic mass is 19.4. The van der Waals surface area contributed by atoms with Gasteiger partial charge in [0.05, 0.1) is 25.3 Å². The van der Waals surface area contributed by atoms with Crippen molar-refractivity contribution in [3.8, 4) is 5.75 Å². The maximum absolute atomic E-state index is 12.8. The third-order valence-corrected chi connectivity index (χ3v) is 4.94. The predicted molar refractivity (Wildman–Crippen MR) is 113 cm³/mol. The largest absolute Gasteiger partial charge is 0.491 e. The molecule has 1 heterocycles. The Kier molecular flexibility index (Phi) is 9.39. The van der Waals surface area contributed by atoms with Crippen LogP contribution in [-0.4, -0.2) is 80.2 Å². The van der Waals surface area contributed by atoms with Gasteiger partial charge in [0.15, 0.2) is 5.96 Å². The Balaban J connectivity index is 1.84. The van der Waals surface area contributed by atoms with Crippen LogP contribution in [0.1, 0.15) is 26.3 Å². The Labute approximate surface area is 181 Å². The molecule has 1 aromatic carbocycles. The molecule has 7 nitrogen and oxygen atoms in total. The van der Waals surface area contributed by atoms with Gasteiger partial charge in [-0.3, -0.25) is 9.89 Å². The summed E-state index contributed by atoms with van der Waals surface area (Å²) in [6, 6.07) is 4.59. The molecule has 1 aliphatic heterocycles. The molecule has 1 unspecified atom stereocenters. The first-order chi connectivity index (χ1) is 14.6. The van der Waals surface area contributed by atoms with Crippen molar-refractivity contribution in [3.05, 3.63) is 29.8 Å². The first-order valence-corrected chi connectivity index (χ1v) is 10.4. The van der Waals surface area contributed by atoms with Crippen LogP contribution >= 0.6 is 0 Å². The van der Waals surface area contributed by atoms with E-state index in [1.54, 1.807) is 0 Å². The van der Waals surface area contributed by atoms with Gasteiger partial charge in [0.2, 0.25) is 0 Å². The minimum atomic E-state index is -4.44. The lowest BCUT2D eigenvalue weighted by Crippen LogP contribution is -2.52. The van der Waals surface area contributed by atoms with Crippen molar-refractivity contribution in [2.75, 3.05) is 52.5 Å². The zero-order chi connectivity index (χ0) is 22.9. The molecule has 0 amide bonds. The number of guanidine groups is 1. The summed E-state index contributed by atoms with van der Waals surface area (Å²) in [6.07, 6.45) is -5.36. The number of ether oxygens (including phenoxy) is 2. The molecule has 3 N–H and O–H groups in total. The molecule has 176 valence electrons. The minimum Gasteiger partial charge on any atom is -0.491 e. The summed E-state index contributed by atoms with van der Waals surface area (Å²) in [5.74, 6) is 0.615. The molecule has 1 saturated heterocycles. The second-order valence-electron chi connectivity index (χ2n) is 7.98. The van der Waals surface area contributed by atoms with Crippen LogP contribution in [0.25, 0.3) is 0 Å². The standard InChI is InChI=1S/C21H33F3N4O3/c1-4-25-19(27-15-20(2,3)28-8-10-30-11-9-28)26-13-17(29)14-31-18-7-5-6-16(12-18)21(22,23)24/h5-7,12,17,29H,4,8-11,13-15H2,1-3H3,(H2,25,26,27). The molecule has 10 heteroatoms. The first-order valence-electron chi connectivity index (χ1n) is 10.4. The highest BCUT2D eigenvalue weighted by Gasteiger charge is 2.30. The monoisotopic (exact) mass is 446 g/mol. The van der Waals surface area contributed by atoms with Gasteiger partial charge in [0.25, 0.3) is 0 Å². The van der Waals surface area contributed by atoms with Gasteiger partial charge >= 0.3 is 6.18 Å². The van der Waals surface area contributed by atoms with Crippen LogP contribution in [0, 0.1) is 0 Å². The van der Waals surface area contributed by atoms with Crippen molar-refractivity contribution < 1.29 is 27.8 Å². The molecule has 2 rings (SSSR count). The second kappa shape index (κ2) is 11.5. The zero-order valence-electron chi connectivity index (χ0n) is 18.3. The van der Waals surface area contributed by atoms with Gasteiger partial charge in [-0.15, -0.1) is 0 Å². The van der Waals surface area contributed by atoms with Crippen molar-refractivity contribution in [1.82, 2.24) is 15.5 Å². The summed E-state index contributed by atoms with van der Waals surface area (Å²) in [7, 11) is 0. The Morgan fingerprint density at radius 3 is 2.61 bits per heavy atom. The normalized spacial score (nSPS) is 17.3. The van der Waals surface area contributed by atoms with Gasteiger partial charge in [0, 0.05) is 31.7 Å². The third-order valence-electron chi connectivity index (χ3n) is 4.94. The van der Waals surface area contributed by atoms with E-state index in [-0.39, 0.29) is 24.4 Å². The number of morpholine rings is 1. The van der Waals surface area contributed by atoms with Crippen molar-refractivity contribution >= 4 is 5.96 Å². The predicted octanol–water partition coefficient (Wildman–Crippen LogP) is 2.11. The van der Waals surface area contributed by atoms with Crippen LogP contribution in [0.15, 0.2) is 29.3 Å². The summed E-state index contributed by atoms with van der Waals surface area (Å²) in [6.45, 7) is 10.5. The van der Waals surface area contributed by atoms with Gasteiger partial charge < -0.3 is 25.2 Å². The number of nitrogens with one attached hydrogen (secondary N) is 2. The number of hydrogen-bond acceptors (Lipinski definition) is 5. The van der Waals surface area contributed by atoms with E-state index in [4.69, 9.17) is 9.47 Å². The molecule has 0 spiro atoms. The van der Waals surface area contributed by atoms with E-state index in [2.05, 4.69) is 34.4 Å². The number of aliphatic hydroxyl groups is 1. The van der Waals surface area contributed by atoms with Gasteiger partial charge in [-0.05, 0) is 39.0 Å². The summed E-state index contributed by atoms with van der Waals surface area (Å²) in [5, 5.41) is 16.4. The topological polar surface area (TPSA) is 78.4 Å². The number of hydrogen-bond donors (Lipinski definition) is 3. The van der Waals surface area contributed by atoms with E-state index in [0.29, 0.717) is 32.3 Å². The smallest absolute Gasteiger partial charge is 0.416 e. The lowest BCUT2D eigenvalue weighted by atomic mass is 10.0. The highest BCUT2D eigenvalue weighted by molar-refractivity contribution is 5.79. The minimum absolute atomic E-state index is 0.0571. The molecule has 0 saturated carbocycles. The number of benzene rings is 1. The average molecular weight is 447 g/mol. The van der Waals surface area contributed by atoms with E-state index in [1.807, 2.05) is 6.92 Å². The zero-order valence-corrected chi connectivity index (χ0v) is 18.3. The van der Waals surface area contributed by atoms with E-state index in [0.717, 1.165) is 25.2 Å². The van der Waals surface area contributed by atoms with Crippen LogP contribution in [-0.2, 0) is 10.9 Å². The van der Waals surface area contributed by atoms with Crippen LogP contribution in [0.3, 0.4) is 0 Å². The summed E-state index contributed by atoms with van der Waals surface area (Å²) >= 11 is 0. The van der Waals surface area contributed by atoms with E-state index in [9.17, 15) is 18.3 Å². The van der Waals surface area contributed by atoms with Crippen molar-refractivity contribution in [2.45, 2.75) is 38.6 Å². The fourth-order valence-electron chi connectivity index (χ4n) is 3.11. The Hall–Kier alpha value is -2.04. The summed E-state index contributed by atoms with van der Waals surface area (Å²) < 4.78 is 49.1. The molecular formula is C21H33F3N4O3. The molecule has 1 atom stereocenters. The molecular weight excluding hydrogens is 413 g/mol. The quantitative estimate of drug-likeness (QED) is 0.399. The maximum Gasteiger partial charge on any atom is 0.416 e. The lowest BCUT2D eigenvalue weighted by molar-refractivity contribution is -0.137. The fraction of sp³-hybridized carbons (Fsp3) is 0.667. The number of nitrogens with zero attached hydrogens (tertiary/aromatic N) is 2. The number of rotatable bonds is 9. The average Bonchev–Trinajstić information content (AvgIpc) is 2.74. The van der Waals surface area contributed by atoms with Crippen molar-refractivity contribution in [3.63, 3.8) is 0 Å². The molecule has 1 aliphatic rings. The number of aliphatic imine (C=N–C) groups is 1. The molecule has 0 aromatic heterocycles. The van der Waals surface area contributed by atoms with Gasteiger partial charge in [0.1, 0.15) is 18.5 Å². The molecule has 1 aromatic rings. The number of alkyl halides is 3. The summed E-state index contributed by atoms with van der Waals surface area (Å²) in [5.41, 5.74) is -0.931. The Morgan fingerprint density at radius 1 is 1.26 bits per heavy atom. The van der Waals surface area contributed by atoms with E-state index in [1.165, 1.54) is 12.1 Å². The molecule has 1 fully saturated rings. The molecule has 0 bridgehead atoms. The number of aliphatic hydroxyl groups excluding tert-OH is 1. The summed E-state index contributed by atoms with van der Waals surface area (Å²) in [4.78, 5) is 6.96. The second-order valence-corrected chi connectivity index (χ2v) is 7.98. The lowest BCUT2D eigenvalue weighted by Gasteiger charge is -2.39. The number of halogens is 3. The maximum atomic E-state index is 12.8. The van der Waals surface area contributed by atoms with Crippen molar-refractivity contribution in [1.29, 1.82) is 0 Å². The molecule has 0 aliphatic carbocycles. The highest BCUT2D eigenvalue weighted by Crippen LogP contribution is 2.31. The third kappa shape index (κ3) is 8.54. The fourth-order valence-corrected chi connectivity index (χ4v) is 3.11. The molecule has 31 heavy (non-hydrogen) atoms. The van der Waals surface area contributed by atoms with Gasteiger partial charge in [-0.25, -0.2) is 0 Å². The Morgan fingerprint density at radius 2 is 1.97 bits per heavy atom. The molecule has 0 radical (unpaired) electrons. The van der Waals surface area contributed by atoms with Crippen LogP contribution in [0.5, 0.6) is 5.75 Å². The van der Waals surface area contributed by atoms with Crippen LogP contribution < -0.4 is 15.4 Å². The van der Waals surface area contributed by atoms with Crippen molar-refractivity contribution in [2.24, 2.45) is 4.99 Å². The SMILES string of the molecule is CCNC(=NCC(C)(C)N1CCOCC1)NCC(O)COc1cccc(C(F)(F)F)c1. The van der Waals surface area contributed by atoms with Crippen LogP contribution in [0.2, 0.25) is 0 Å². The van der Waals surface area contributed by atoms with E-state index < -0.39 is 17.8 Å². The van der Waals surface area contributed by atoms with E-state index >= 15 is 0 Å². The Bertz CT molecular complexity index is 707. The van der Waals surface area contributed by atoms with Gasteiger partial charge in [-0.2, -0.15) is 13.2 Å². The van der Waals surface area contributed by atoms with Crippen LogP contribution in [0.4, 0.5) is 13.2 Å². The van der Waals surface area contributed by atoms with Gasteiger partial charge in [-0.1, -0.05) is 6.07 Å². The first kappa shape index (κ1) is 25.2.